The van der Waals surface area contributed by atoms with Gasteiger partial charge in [-0.3, -0.25) is 0 Å². The molecule has 1 unspecified atom stereocenters. The maximum atomic E-state index is 8.98. The Morgan fingerprint density at radius 2 is 2.35 bits per heavy atom. The molecule has 1 rings (SSSR count). The number of nitrogens with zero attached hydrogens (tertiary/aromatic N) is 1. The summed E-state index contributed by atoms with van der Waals surface area (Å²) in [5.74, 6) is 3.09. The lowest BCUT2D eigenvalue weighted by Gasteiger charge is -2.20. The summed E-state index contributed by atoms with van der Waals surface area (Å²) in [4.78, 5) is 0. The lowest BCUT2D eigenvalue weighted by Crippen LogP contribution is -2.37. The molecule has 0 radical (unpaired) electrons. The lowest BCUT2D eigenvalue weighted by atomic mass is 9.97. The predicted octanol–water partition coefficient (Wildman–Crippen LogP) is 3.18. The molecule has 0 amide bonds. The summed E-state index contributed by atoms with van der Waals surface area (Å²) in [6.45, 7) is 1.95. The molecule has 0 spiro atoms. The summed E-state index contributed by atoms with van der Waals surface area (Å²) >= 11 is 1.88. The van der Waals surface area contributed by atoms with Gasteiger partial charge in [0.2, 0.25) is 0 Å². The van der Waals surface area contributed by atoms with Crippen molar-refractivity contribution in [3.63, 3.8) is 0 Å². The second kappa shape index (κ2) is 7.41. The maximum Gasteiger partial charge on any atom is 0.113 e. The van der Waals surface area contributed by atoms with Crippen LogP contribution in [0.2, 0.25) is 0 Å². The van der Waals surface area contributed by atoms with E-state index in [0.717, 1.165) is 36.5 Å². The van der Waals surface area contributed by atoms with Crippen molar-refractivity contribution in [3.8, 4) is 6.07 Å². The number of thioether (sulfide) groups is 1. The van der Waals surface area contributed by atoms with Gasteiger partial charge in [0.1, 0.15) is 11.3 Å². The van der Waals surface area contributed by atoms with E-state index in [1.807, 2.05) is 37.9 Å². The minimum atomic E-state index is -0.369. The van der Waals surface area contributed by atoms with Crippen LogP contribution >= 0.6 is 11.8 Å². The largest absolute Gasteiger partial charge is 0.468 e. The van der Waals surface area contributed by atoms with Crippen LogP contribution in [0.3, 0.4) is 0 Å². The third-order valence-corrected chi connectivity index (χ3v) is 3.90. The molecular formula is C13H20N2OS. The second-order valence-electron chi connectivity index (χ2n) is 4.28. The molecule has 17 heavy (non-hydrogen) atoms. The molecule has 0 saturated carbocycles. The van der Waals surface area contributed by atoms with Gasteiger partial charge in [0.05, 0.1) is 18.1 Å². The minimum Gasteiger partial charge on any atom is -0.468 e. The fraction of sp³-hybridized carbons (Fsp3) is 0.615. The first-order valence-corrected chi connectivity index (χ1v) is 7.06. The number of rotatable bonds is 8. The van der Waals surface area contributed by atoms with Gasteiger partial charge in [-0.05, 0) is 51.1 Å². The fourth-order valence-corrected chi connectivity index (χ4v) is 2.40. The van der Waals surface area contributed by atoms with Gasteiger partial charge in [0, 0.05) is 0 Å². The first-order valence-electron chi connectivity index (χ1n) is 5.90. The van der Waals surface area contributed by atoms with E-state index in [4.69, 9.17) is 9.68 Å². The highest BCUT2D eigenvalue weighted by Crippen LogP contribution is 2.17. The molecule has 1 heterocycles. The standard InChI is InChI=1S/C13H20N2OS/c1-13(11-14,15-2)7-3-4-9-17-10-12-6-5-8-16-12/h5-6,8,15H,3-4,7,9-10H2,1-2H3. The third-order valence-electron chi connectivity index (χ3n) is 2.84. The van der Waals surface area contributed by atoms with Gasteiger partial charge in [-0.1, -0.05) is 0 Å². The minimum absolute atomic E-state index is 0.369. The molecule has 4 heteroatoms. The zero-order chi connectivity index (χ0) is 12.6. The van der Waals surface area contributed by atoms with Crippen LogP contribution in [0, 0.1) is 11.3 Å². The Kier molecular flexibility index (Phi) is 6.17. The molecule has 0 fully saturated rings. The van der Waals surface area contributed by atoms with Crippen molar-refractivity contribution in [3.05, 3.63) is 24.2 Å². The highest BCUT2D eigenvalue weighted by atomic mass is 32.2. The zero-order valence-electron chi connectivity index (χ0n) is 10.5. The van der Waals surface area contributed by atoms with E-state index >= 15 is 0 Å². The van der Waals surface area contributed by atoms with Crippen molar-refractivity contribution in [2.75, 3.05) is 12.8 Å². The molecule has 1 aromatic rings. The van der Waals surface area contributed by atoms with Crippen LogP contribution in [0.1, 0.15) is 31.9 Å². The van der Waals surface area contributed by atoms with E-state index in [-0.39, 0.29) is 5.54 Å². The molecule has 3 nitrogen and oxygen atoms in total. The van der Waals surface area contributed by atoms with Gasteiger partial charge in [-0.15, -0.1) is 0 Å². The quantitative estimate of drug-likeness (QED) is 0.722. The monoisotopic (exact) mass is 252 g/mol. The average Bonchev–Trinajstić information content (AvgIpc) is 2.86. The van der Waals surface area contributed by atoms with Gasteiger partial charge in [0.25, 0.3) is 0 Å². The van der Waals surface area contributed by atoms with Crippen molar-refractivity contribution in [1.82, 2.24) is 5.32 Å². The maximum absolute atomic E-state index is 8.98. The van der Waals surface area contributed by atoms with Gasteiger partial charge in [-0.2, -0.15) is 17.0 Å². The molecule has 0 aliphatic heterocycles. The highest BCUT2D eigenvalue weighted by Gasteiger charge is 2.19. The van der Waals surface area contributed by atoms with E-state index in [0.29, 0.717) is 0 Å². The van der Waals surface area contributed by atoms with Crippen LogP contribution in [0.4, 0.5) is 0 Å². The number of furan rings is 1. The van der Waals surface area contributed by atoms with Crippen LogP contribution in [0.15, 0.2) is 22.8 Å². The van der Waals surface area contributed by atoms with Gasteiger partial charge < -0.3 is 9.73 Å². The predicted molar refractivity (Wildman–Crippen MR) is 71.8 cm³/mol. The van der Waals surface area contributed by atoms with Gasteiger partial charge in [0.15, 0.2) is 0 Å². The van der Waals surface area contributed by atoms with E-state index in [9.17, 15) is 0 Å². The summed E-state index contributed by atoms with van der Waals surface area (Å²) in [6, 6.07) is 6.23. The number of hydrogen-bond donors (Lipinski definition) is 1. The van der Waals surface area contributed by atoms with Crippen LogP contribution in [0.5, 0.6) is 0 Å². The Morgan fingerprint density at radius 3 is 2.94 bits per heavy atom. The first kappa shape index (κ1) is 14.1. The van der Waals surface area contributed by atoms with Crippen molar-refractivity contribution in [2.45, 2.75) is 37.5 Å². The first-order chi connectivity index (χ1) is 8.20. The SMILES string of the molecule is CNC(C)(C#N)CCCCSCc1ccco1. The Bertz CT molecular complexity index is 345. The molecular weight excluding hydrogens is 232 g/mol. The molecule has 1 N–H and O–H groups in total. The molecule has 0 aliphatic carbocycles. The van der Waals surface area contributed by atoms with Crippen molar-refractivity contribution >= 4 is 11.8 Å². The fourth-order valence-electron chi connectivity index (χ4n) is 1.49. The average molecular weight is 252 g/mol. The van der Waals surface area contributed by atoms with Crippen molar-refractivity contribution in [2.24, 2.45) is 0 Å². The van der Waals surface area contributed by atoms with Crippen molar-refractivity contribution in [1.29, 1.82) is 5.26 Å². The topological polar surface area (TPSA) is 49.0 Å². The number of nitriles is 1. The lowest BCUT2D eigenvalue weighted by molar-refractivity contribution is 0.439. The van der Waals surface area contributed by atoms with Gasteiger partial charge in [-0.25, -0.2) is 0 Å². The van der Waals surface area contributed by atoms with E-state index in [2.05, 4.69) is 11.4 Å². The van der Waals surface area contributed by atoms with E-state index in [1.54, 1.807) is 6.26 Å². The Balaban J connectivity index is 2.03. The smallest absolute Gasteiger partial charge is 0.113 e. The second-order valence-corrected chi connectivity index (χ2v) is 5.39. The third kappa shape index (κ3) is 5.29. The summed E-state index contributed by atoms with van der Waals surface area (Å²) in [5.41, 5.74) is -0.369. The van der Waals surface area contributed by atoms with E-state index < -0.39 is 0 Å². The number of unbranched alkanes of at least 4 members (excludes halogenated alkanes) is 1. The Hall–Kier alpha value is -0.920. The molecule has 0 bridgehead atoms. The van der Waals surface area contributed by atoms with Crippen molar-refractivity contribution < 1.29 is 4.42 Å². The molecule has 1 atom stereocenters. The number of hydrogen-bond acceptors (Lipinski definition) is 4. The van der Waals surface area contributed by atoms with Crippen LogP contribution in [-0.2, 0) is 5.75 Å². The summed E-state index contributed by atoms with van der Waals surface area (Å²) in [6.07, 6.45) is 4.84. The normalized spacial score (nSPS) is 14.2. The van der Waals surface area contributed by atoms with E-state index in [1.165, 1.54) is 0 Å². The van der Waals surface area contributed by atoms with Crippen LogP contribution in [0.25, 0.3) is 0 Å². The summed E-state index contributed by atoms with van der Waals surface area (Å²) < 4.78 is 5.26. The molecule has 0 aromatic carbocycles. The number of nitrogens with one attached hydrogen (secondary N) is 1. The summed E-state index contributed by atoms with van der Waals surface area (Å²) in [7, 11) is 1.84. The molecule has 1 aromatic heterocycles. The zero-order valence-corrected chi connectivity index (χ0v) is 11.3. The summed E-state index contributed by atoms with van der Waals surface area (Å²) in [5, 5.41) is 12.0. The molecule has 0 aliphatic rings. The Labute approximate surface area is 108 Å². The Morgan fingerprint density at radius 1 is 1.53 bits per heavy atom. The van der Waals surface area contributed by atoms with Crippen LogP contribution in [-0.4, -0.2) is 18.3 Å². The molecule has 0 saturated heterocycles. The van der Waals surface area contributed by atoms with Gasteiger partial charge >= 0.3 is 0 Å². The molecule has 94 valence electrons. The van der Waals surface area contributed by atoms with Crippen LogP contribution < -0.4 is 5.32 Å². The highest BCUT2D eigenvalue weighted by molar-refractivity contribution is 7.98.